The number of allylic oxidation sites excluding steroid dienone is 6. The van der Waals surface area contributed by atoms with Crippen LogP contribution in [0.5, 0.6) is 0 Å². The average molecular weight is 410 g/mol. The van der Waals surface area contributed by atoms with E-state index in [0.717, 1.165) is 22.3 Å². The zero-order chi connectivity index (χ0) is 22.7. The van der Waals surface area contributed by atoms with E-state index in [1.165, 1.54) is 0 Å². The normalized spacial score (nSPS) is 12.8. The molecule has 1 aromatic heterocycles. The van der Waals surface area contributed by atoms with E-state index in [-0.39, 0.29) is 23.4 Å². The van der Waals surface area contributed by atoms with Gasteiger partial charge in [-0.1, -0.05) is 24.1 Å². The van der Waals surface area contributed by atoms with Gasteiger partial charge in [0, 0.05) is 22.7 Å². The van der Waals surface area contributed by atoms with E-state index >= 15 is 4.39 Å². The number of nitrogens with one attached hydrogen (secondary N) is 1. The second-order valence-electron chi connectivity index (χ2n) is 7.81. The summed E-state index contributed by atoms with van der Waals surface area (Å²) in [6, 6.07) is 0. The number of fused-ring (bicyclic) bond motifs is 1. The Balaban J connectivity index is 3.03. The monoisotopic (exact) mass is 409 g/mol. The maximum absolute atomic E-state index is 15.9. The molecule has 0 bridgehead atoms. The first kappa shape index (κ1) is 23.6. The van der Waals surface area contributed by atoms with Crippen molar-refractivity contribution in [3.8, 4) is 0 Å². The van der Waals surface area contributed by atoms with Gasteiger partial charge in [0.25, 0.3) is 0 Å². The van der Waals surface area contributed by atoms with E-state index in [4.69, 9.17) is 5.41 Å². The Morgan fingerprint density at radius 3 is 2.27 bits per heavy atom. The second-order valence-corrected chi connectivity index (χ2v) is 7.81. The van der Waals surface area contributed by atoms with E-state index in [2.05, 4.69) is 9.97 Å². The quantitative estimate of drug-likeness (QED) is 0.445. The first-order valence-electron chi connectivity index (χ1n) is 10.3. The number of nitrogens with zero attached hydrogens (tertiary/aromatic N) is 2. The summed E-state index contributed by atoms with van der Waals surface area (Å²) in [7, 11) is 0. The van der Waals surface area contributed by atoms with Crippen molar-refractivity contribution in [1.82, 2.24) is 9.97 Å². The minimum Gasteiger partial charge on any atom is -0.392 e. The maximum atomic E-state index is 15.9. The number of aryl methyl sites for hydroxylation is 1. The summed E-state index contributed by atoms with van der Waals surface area (Å²) in [6.07, 6.45) is 4.04. The number of hydrogen-bond donors (Lipinski definition) is 2. The molecule has 0 atom stereocenters. The van der Waals surface area contributed by atoms with Crippen LogP contribution >= 0.6 is 0 Å². The number of aliphatic hydroxyl groups excluding tert-OH is 1. The molecule has 30 heavy (non-hydrogen) atoms. The van der Waals surface area contributed by atoms with Gasteiger partial charge in [-0.2, -0.15) is 0 Å². The molecule has 160 valence electrons. The van der Waals surface area contributed by atoms with Crippen molar-refractivity contribution in [2.75, 3.05) is 0 Å². The predicted octanol–water partition coefficient (Wildman–Crippen LogP) is 6.14. The lowest BCUT2D eigenvalue weighted by atomic mass is 9.84. The lowest BCUT2D eigenvalue weighted by Crippen LogP contribution is -2.16. The molecule has 0 saturated heterocycles. The third-order valence-corrected chi connectivity index (χ3v) is 5.86. The molecular weight excluding hydrogens is 377 g/mol. The highest BCUT2D eigenvalue weighted by Crippen LogP contribution is 2.34. The Morgan fingerprint density at radius 1 is 1.13 bits per heavy atom. The summed E-state index contributed by atoms with van der Waals surface area (Å²) in [5, 5.41) is 19.7. The lowest BCUT2D eigenvalue weighted by molar-refractivity contribution is 0.282. The van der Waals surface area contributed by atoms with Crippen LogP contribution in [-0.4, -0.2) is 20.8 Å². The van der Waals surface area contributed by atoms with Crippen molar-refractivity contribution in [3.05, 3.63) is 68.5 Å². The first-order valence-corrected chi connectivity index (χ1v) is 10.3. The summed E-state index contributed by atoms with van der Waals surface area (Å²) in [6.45, 7) is 15.2. The van der Waals surface area contributed by atoms with E-state index in [1.807, 2.05) is 54.5 Å². The third kappa shape index (κ3) is 4.12. The highest BCUT2D eigenvalue weighted by Gasteiger charge is 2.26. The highest BCUT2D eigenvalue weighted by molar-refractivity contribution is 6.16. The van der Waals surface area contributed by atoms with Crippen LogP contribution in [0.1, 0.15) is 71.0 Å². The molecule has 0 aliphatic heterocycles. The van der Waals surface area contributed by atoms with Crippen molar-refractivity contribution in [2.45, 2.75) is 68.4 Å². The molecule has 0 radical (unpaired) electrons. The zero-order valence-corrected chi connectivity index (χ0v) is 19.3. The number of halogens is 1. The zero-order valence-electron chi connectivity index (χ0n) is 19.3. The van der Waals surface area contributed by atoms with Crippen molar-refractivity contribution in [2.24, 2.45) is 0 Å². The number of hydrogen-bond acceptors (Lipinski definition) is 4. The van der Waals surface area contributed by atoms with Gasteiger partial charge < -0.3 is 5.11 Å². The van der Waals surface area contributed by atoms with Crippen LogP contribution in [-0.2, 0) is 13.0 Å². The maximum Gasteiger partial charge on any atom is 0.159 e. The number of rotatable bonds is 6. The van der Waals surface area contributed by atoms with Crippen LogP contribution in [0.2, 0.25) is 0 Å². The van der Waals surface area contributed by atoms with Crippen molar-refractivity contribution < 1.29 is 9.50 Å². The fourth-order valence-electron chi connectivity index (χ4n) is 3.70. The van der Waals surface area contributed by atoms with E-state index in [0.29, 0.717) is 34.3 Å². The molecule has 2 rings (SSSR count). The van der Waals surface area contributed by atoms with Gasteiger partial charge in [0.15, 0.2) is 5.82 Å². The Labute approximate surface area is 178 Å². The van der Waals surface area contributed by atoms with Crippen LogP contribution in [0.3, 0.4) is 0 Å². The second kappa shape index (κ2) is 9.43. The molecule has 0 unspecified atom stereocenters. The lowest BCUT2D eigenvalue weighted by Gasteiger charge is -2.22. The fourth-order valence-corrected chi connectivity index (χ4v) is 3.70. The smallest absolute Gasteiger partial charge is 0.159 e. The largest absolute Gasteiger partial charge is 0.392 e. The standard InChI is InChI=1S/C25H32FN3O/c1-9-14(5)16(7)21(15(6)13(3)4)24(27)22-18(10-2)20(12-30)19-11-28-17(8)29-25(19)23(22)26/h9,11,27,30H,10,12H2,1-8H3/b14-9-,21-16-,27-24?. The highest BCUT2D eigenvalue weighted by atomic mass is 19.1. The Bertz CT molecular complexity index is 1100. The summed E-state index contributed by atoms with van der Waals surface area (Å²) < 4.78 is 15.9. The molecule has 1 heterocycles. The number of benzene rings is 1. The summed E-state index contributed by atoms with van der Waals surface area (Å²) in [5.74, 6) is -0.0799. The molecule has 0 aliphatic rings. The summed E-state index contributed by atoms with van der Waals surface area (Å²) >= 11 is 0. The van der Waals surface area contributed by atoms with Gasteiger partial charge in [-0.25, -0.2) is 14.4 Å². The van der Waals surface area contributed by atoms with Gasteiger partial charge >= 0.3 is 0 Å². The fraction of sp³-hybridized carbons (Fsp3) is 0.400. The van der Waals surface area contributed by atoms with Crippen molar-refractivity contribution in [1.29, 1.82) is 5.41 Å². The van der Waals surface area contributed by atoms with Gasteiger partial charge in [-0.05, 0) is 77.2 Å². The molecule has 1 aromatic carbocycles. The number of aliphatic hydroxyl groups is 1. The topological polar surface area (TPSA) is 69.9 Å². The molecular formula is C25H32FN3O. The third-order valence-electron chi connectivity index (χ3n) is 5.86. The van der Waals surface area contributed by atoms with Gasteiger partial charge in [-0.3, -0.25) is 5.41 Å². The first-order chi connectivity index (χ1) is 14.1. The Hall–Kier alpha value is -2.66. The van der Waals surface area contributed by atoms with E-state index < -0.39 is 5.82 Å². The molecule has 0 spiro atoms. The molecule has 4 nitrogen and oxygen atoms in total. The predicted molar refractivity (Wildman–Crippen MR) is 123 cm³/mol. The van der Waals surface area contributed by atoms with Crippen molar-refractivity contribution >= 4 is 16.6 Å². The molecule has 0 fully saturated rings. The summed E-state index contributed by atoms with van der Waals surface area (Å²) in [5.41, 5.74) is 6.41. The van der Waals surface area contributed by atoms with Crippen LogP contribution in [0.25, 0.3) is 10.9 Å². The van der Waals surface area contributed by atoms with E-state index in [9.17, 15) is 5.11 Å². The van der Waals surface area contributed by atoms with E-state index in [1.54, 1.807) is 13.1 Å². The molecule has 0 saturated carbocycles. The van der Waals surface area contributed by atoms with Gasteiger partial charge in [0.05, 0.1) is 12.3 Å². The van der Waals surface area contributed by atoms with Crippen LogP contribution < -0.4 is 0 Å². The molecule has 5 heteroatoms. The molecule has 2 aromatic rings. The van der Waals surface area contributed by atoms with Crippen LogP contribution in [0, 0.1) is 18.2 Å². The molecule has 2 N–H and O–H groups in total. The van der Waals surface area contributed by atoms with Crippen molar-refractivity contribution in [3.63, 3.8) is 0 Å². The van der Waals surface area contributed by atoms with Crippen LogP contribution in [0.4, 0.5) is 4.39 Å². The van der Waals surface area contributed by atoms with Crippen LogP contribution in [0.15, 0.2) is 40.1 Å². The summed E-state index contributed by atoms with van der Waals surface area (Å²) in [4.78, 5) is 8.49. The van der Waals surface area contributed by atoms with Gasteiger partial charge in [0.2, 0.25) is 0 Å². The average Bonchev–Trinajstić information content (AvgIpc) is 2.72. The molecule has 0 aliphatic carbocycles. The Kier molecular flexibility index (Phi) is 7.43. The van der Waals surface area contributed by atoms with Gasteiger partial charge in [-0.15, -0.1) is 0 Å². The Morgan fingerprint density at radius 2 is 1.77 bits per heavy atom. The minimum atomic E-state index is -0.528. The minimum absolute atomic E-state index is 0.120. The molecule has 0 amide bonds. The van der Waals surface area contributed by atoms with Gasteiger partial charge in [0.1, 0.15) is 11.3 Å². The number of aromatic nitrogens is 2. The SMILES string of the molecule is C/C=C(C)\C(C)=C(/C(=N)c1c(CC)c(CO)c2cnc(C)nc2c1F)C(C)=C(C)C.